The molecule has 0 radical (unpaired) electrons. The highest BCUT2D eigenvalue weighted by Crippen LogP contribution is 2.21. The number of piperidine rings is 1. The summed E-state index contributed by atoms with van der Waals surface area (Å²) in [5, 5.41) is 9.47. The van der Waals surface area contributed by atoms with Crippen LogP contribution in [0.15, 0.2) is 0 Å². The maximum atomic E-state index is 9.47. The zero-order chi connectivity index (χ0) is 11.1. The standard InChI is InChI=1S/C13H27NO/c1-3-4-6-9-14-10-7-5-8-13(14)11-12(2)15/h12-13,15H,3-11H2,1-2H3. The minimum absolute atomic E-state index is 0.137. The molecule has 0 amide bonds. The van der Waals surface area contributed by atoms with Gasteiger partial charge in [0.15, 0.2) is 0 Å². The van der Waals surface area contributed by atoms with Crippen molar-refractivity contribution in [2.24, 2.45) is 0 Å². The van der Waals surface area contributed by atoms with Gasteiger partial charge in [-0.05, 0) is 45.7 Å². The van der Waals surface area contributed by atoms with E-state index in [1.54, 1.807) is 0 Å². The number of nitrogens with zero attached hydrogens (tertiary/aromatic N) is 1. The van der Waals surface area contributed by atoms with E-state index < -0.39 is 0 Å². The molecule has 0 bridgehead atoms. The van der Waals surface area contributed by atoms with E-state index in [4.69, 9.17) is 0 Å². The minimum Gasteiger partial charge on any atom is -0.393 e. The van der Waals surface area contributed by atoms with Crippen molar-refractivity contribution < 1.29 is 5.11 Å². The highest BCUT2D eigenvalue weighted by molar-refractivity contribution is 4.78. The lowest BCUT2D eigenvalue weighted by Crippen LogP contribution is -2.41. The second kappa shape index (κ2) is 7.24. The maximum Gasteiger partial charge on any atom is 0.0527 e. The molecule has 1 saturated heterocycles. The van der Waals surface area contributed by atoms with Crippen molar-refractivity contribution in [3.8, 4) is 0 Å². The molecule has 1 aliphatic heterocycles. The SMILES string of the molecule is CCCCCN1CCCCC1CC(C)O. The first kappa shape index (κ1) is 13.0. The van der Waals surface area contributed by atoms with Gasteiger partial charge in [0.2, 0.25) is 0 Å². The first-order valence-electron chi connectivity index (χ1n) is 6.66. The van der Waals surface area contributed by atoms with Crippen molar-refractivity contribution >= 4 is 0 Å². The van der Waals surface area contributed by atoms with E-state index in [9.17, 15) is 5.11 Å². The van der Waals surface area contributed by atoms with Gasteiger partial charge in [-0.15, -0.1) is 0 Å². The molecule has 1 fully saturated rings. The van der Waals surface area contributed by atoms with Crippen LogP contribution < -0.4 is 0 Å². The van der Waals surface area contributed by atoms with Crippen LogP contribution in [-0.2, 0) is 0 Å². The molecule has 0 spiro atoms. The Balaban J connectivity index is 2.29. The average molecular weight is 213 g/mol. The van der Waals surface area contributed by atoms with Gasteiger partial charge < -0.3 is 10.0 Å². The predicted molar refractivity (Wildman–Crippen MR) is 65.0 cm³/mol. The van der Waals surface area contributed by atoms with Crippen molar-refractivity contribution in [3.63, 3.8) is 0 Å². The summed E-state index contributed by atoms with van der Waals surface area (Å²) in [6.07, 6.45) is 8.79. The van der Waals surface area contributed by atoms with Crippen LogP contribution in [0.3, 0.4) is 0 Å². The van der Waals surface area contributed by atoms with Crippen LogP contribution in [-0.4, -0.2) is 35.2 Å². The fourth-order valence-corrected chi connectivity index (χ4v) is 2.58. The van der Waals surface area contributed by atoms with Gasteiger partial charge in [0.05, 0.1) is 6.10 Å². The van der Waals surface area contributed by atoms with E-state index in [0.29, 0.717) is 6.04 Å². The number of aliphatic hydroxyl groups is 1. The van der Waals surface area contributed by atoms with Gasteiger partial charge in [0.25, 0.3) is 0 Å². The predicted octanol–water partition coefficient (Wildman–Crippen LogP) is 2.80. The molecule has 1 rings (SSSR count). The Labute approximate surface area is 94.7 Å². The molecule has 2 atom stereocenters. The number of hydrogen-bond acceptors (Lipinski definition) is 2. The molecule has 2 unspecified atom stereocenters. The minimum atomic E-state index is -0.137. The van der Waals surface area contributed by atoms with Crippen LogP contribution in [0.2, 0.25) is 0 Å². The van der Waals surface area contributed by atoms with Gasteiger partial charge in [0.1, 0.15) is 0 Å². The number of unbranched alkanes of at least 4 members (excludes halogenated alkanes) is 2. The number of likely N-dealkylation sites (tertiary alicyclic amines) is 1. The summed E-state index contributed by atoms with van der Waals surface area (Å²) in [6, 6.07) is 0.649. The molecule has 2 heteroatoms. The molecule has 1 aliphatic rings. The van der Waals surface area contributed by atoms with Crippen molar-refractivity contribution in [2.75, 3.05) is 13.1 Å². The van der Waals surface area contributed by atoms with E-state index in [1.807, 2.05) is 6.92 Å². The third-order valence-corrected chi connectivity index (χ3v) is 3.41. The lowest BCUT2D eigenvalue weighted by atomic mass is 9.97. The third-order valence-electron chi connectivity index (χ3n) is 3.41. The van der Waals surface area contributed by atoms with Gasteiger partial charge in [0, 0.05) is 6.04 Å². The first-order valence-corrected chi connectivity index (χ1v) is 6.66. The fourth-order valence-electron chi connectivity index (χ4n) is 2.58. The lowest BCUT2D eigenvalue weighted by molar-refractivity contribution is 0.0856. The summed E-state index contributed by atoms with van der Waals surface area (Å²) >= 11 is 0. The highest BCUT2D eigenvalue weighted by Gasteiger charge is 2.22. The average Bonchev–Trinajstić information content (AvgIpc) is 2.20. The highest BCUT2D eigenvalue weighted by atomic mass is 16.3. The van der Waals surface area contributed by atoms with Crippen molar-refractivity contribution in [1.82, 2.24) is 4.90 Å². The van der Waals surface area contributed by atoms with Crippen LogP contribution >= 0.6 is 0 Å². The molecule has 90 valence electrons. The largest absolute Gasteiger partial charge is 0.393 e. The summed E-state index contributed by atoms with van der Waals surface area (Å²) in [5.74, 6) is 0. The van der Waals surface area contributed by atoms with Gasteiger partial charge >= 0.3 is 0 Å². The Morgan fingerprint density at radius 2 is 2.13 bits per heavy atom. The van der Waals surface area contributed by atoms with E-state index in [2.05, 4.69) is 11.8 Å². The molecular weight excluding hydrogens is 186 g/mol. The lowest BCUT2D eigenvalue weighted by Gasteiger charge is -2.36. The second-order valence-electron chi connectivity index (χ2n) is 4.98. The van der Waals surface area contributed by atoms with Crippen molar-refractivity contribution in [1.29, 1.82) is 0 Å². The number of hydrogen-bond donors (Lipinski definition) is 1. The molecular formula is C13H27NO. The van der Waals surface area contributed by atoms with Crippen LogP contribution in [0.25, 0.3) is 0 Å². The molecule has 2 nitrogen and oxygen atoms in total. The molecule has 15 heavy (non-hydrogen) atoms. The fraction of sp³-hybridized carbons (Fsp3) is 1.00. The Morgan fingerprint density at radius 3 is 2.80 bits per heavy atom. The molecule has 1 N–H and O–H groups in total. The Hall–Kier alpha value is -0.0800. The van der Waals surface area contributed by atoms with Crippen molar-refractivity contribution in [3.05, 3.63) is 0 Å². The van der Waals surface area contributed by atoms with Crippen LogP contribution in [0, 0.1) is 0 Å². The quantitative estimate of drug-likeness (QED) is 0.686. The Morgan fingerprint density at radius 1 is 1.33 bits per heavy atom. The van der Waals surface area contributed by atoms with Crippen LogP contribution in [0.1, 0.15) is 58.8 Å². The van der Waals surface area contributed by atoms with E-state index >= 15 is 0 Å². The molecule has 0 aromatic heterocycles. The summed E-state index contributed by atoms with van der Waals surface area (Å²) in [4.78, 5) is 2.60. The Bertz CT molecular complexity index is 159. The molecule has 0 aromatic carbocycles. The third kappa shape index (κ3) is 4.98. The van der Waals surface area contributed by atoms with E-state index in [1.165, 1.54) is 51.6 Å². The zero-order valence-corrected chi connectivity index (χ0v) is 10.4. The molecule has 1 heterocycles. The monoisotopic (exact) mass is 213 g/mol. The number of aliphatic hydroxyl groups excluding tert-OH is 1. The van der Waals surface area contributed by atoms with E-state index in [0.717, 1.165) is 6.42 Å². The molecule has 0 aliphatic carbocycles. The van der Waals surface area contributed by atoms with Gasteiger partial charge in [-0.3, -0.25) is 0 Å². The van der Waals surface area contributed by atoms with Gasteiger partial charge in [-0.25, -0.2) is 0 Å². The topological polar surface area (TPSA) is 23.5 Å². The van der Waals surface area contributed by atoms with Gasteiger partial charge in [-0.2, -0.15) is 0 Å². The summed E-state index contributed by atoms with van der Waals surface area (Å²) in [6.45, 7) is 6.66. The smallest absolute Gasteiger partial charge is 0.0527 e. The maximum absolute atomic E-state index is 9.47. The van der Waals surface area contributed by atoms with Crippen LogP contribution in [0.5, 0.6) is 0 Å². The summed E-state index contributed by atoms with van der Waals surface area (Å²) in [7, 11) is 0. The van der Waals surface area contributed by atoms with Crippen molar-refractivity contribution in [2.45, 2.75) is 70.9 Å². The normalized spacial score (nSPS) is 25.4. The van der Waals surface area contributed by atoms with Gasteiger partial charge in [-0.1, -0.05) is 26.2 Å². The second-order valence-corrected chi connectivity index (χ2v) is 4.98. The number of rotatable bonds is 6. The molecule has 0 saturated carbocycles. The first-order chi connectivity index (χ1) is 7.24. The summed E-state index contributed by atoms with van der Waals surface area (Å²) < 4.78 is 0. The zero-order valence-electron chi connectivity index (χ0n) is 10.4. The molecule has 0 aromatic rings. The Kier molecular flexibility index (Phi) is 6.26. The van der Waals surface area contributed by atoms with Crippen LogP contribution in [0.4, 0.5) is 0 Å². The summed E-state index contributed by atoms with van der Waals surface area (Å²) in [5.41, 5.74) is 0. The van der Waals surface area contributed by atoms with E-state index in [-0.39, 0.29) is 6.10 Å².